The molecule has 5 nitrogen and oxygen atoms in total. The number of carbonyl (C=O) groups is 1. The van der Waals surface area contributed by atoms with Gasteiger partial charge in [0.2, 0.25) is 0 Å². The summed E-state index contributed by atoms with van der Waals surface area (Å²) in [7, 11) is 0. The van der Waals surface area contributed by atoms with Crippen LogP contribution in [0.3, 0.4) is 0 Å². The predicted molar refractivity (Wildman–Crippen MR) is 57.8 cm³/mol. The number of hydrogen-bond donors (Lipinski definition) is 2. The van der Waals surface area contributed by atoms with Crippen LogP contribution in [0.4, 0.5) is 13.6 Å². The molecule has 17 heavy (non-hydrogen) atoms. The van der Waals surface area contributed by atoms with Gasteiger partial charge in [0.15, 0.2) is 11.6 Å². The maximum absolute atomic E-state index is 13.6. The third kappa shape index (κ3) is 3.40. The Labute approximate surface area is 96.3 Å². The summed E-state index contributed by atoms with van der Waals surface area (Å²) in [6.07, 6.45) is 0.817. The van der Waals surface area contributed by atoms with E-state index in [1.807, 2.05) is 5.43 Å². The van der Waals surface area contributed by atoms with E-state index < -0.39 is 23.2 Å². The second-order valence-electron chi connectivity index (χ2n) is 2.94. The average molecular weight is 243 g/mol. The molecule has 2 amide bonds. The topological polar surface area (TPSA) is 76.7 Å². The molecule has 0 aliphatic rings. The van der Waals surface area contributed by atoms with Gasteiger partial charge in [0, 0.05) is 0 Å². The summed E-state index contributed by atoms with van der Waals surface area (Å²) in [5.41, 5.74) is 6.16. The number of halogens is 2. The first-order valence-corrected chi connectivity index (χ1v) is 4.75. The Kier molecular flexibility index (Phi) is 4.38. The molecule has 0 aromatic heterocycles. The van der Waals surface area contributed by atoms with Crippen molar-refractivity contribution in [2.24, 2.45) is 10.8 Å². The Hall–Kier alpha value is -2.18. The molecule has 1 aromatic carbocycles. The fraction of sp³-hybridized carbons (Fsp3) is 0.200. The van der Waals surface area contributed by atoms with Crippen molar-refractivity contribution in [2.45, 2.75) is 6.92 Å². The highest BCUT2D eigenvalue weighted by molar-refractivity contribution is 5.82. The molecule has 0 bridgehead atoms. The van der Waals surface area contributed by atoms with E-state index in [1.54, 1.807) is 6.92 Å². The Balaban J connectivity index is 3.00. The number of hydrazone groups is 1. The standard InChI is InChI=1S/C10H11F2N3O2/c1-2-17-8-4-3-7(11)6(9(8)12)5-14-15-10(13)16/h3-5H,2H2,1H3,(H3,13,15,16). The zero-order valence-corrected chi connectivity index (χ0v) is 9.04. The van der Waals surface area contributed by atoms with Gasteiger partial charge in [-0.1, -0.05) is 0 Å². The van der Waals surface area contributed by atoms with Crippen molar-refractivity contribution in [3.05, 3.63) is 29.3 Å². The van der Waals surface area contributed by atoms with Gasteiger partial charge in [-0.3, -0.25) is 0 Å². The zero-order chi connectivity index (χ0) is 12.8. The van der Waals surface area contributed by atoms with Crippen LogP contribution in [0.15, 0.2) is 17.2 Å². The zero-order valence-electron chi connectivity index (χ0n) is 9.04. The number of nitrogens with two attached hydrogens (primary N) is 1. The average Bonchev–Trinajstić information content (AvgIpc) is 2.27. The molecular formula is C10H11F2N3O2. The lowest BCUT2D eigenvalue weighted by molar-refractivity contribution is 0.249. The summed E-state index contributed by atoms with van der Waals surface area (Å²) >= 11 is 0. The van der Waals surface area contributed by atoms with Gasteiger partial charge in [0.05, 0.1) is 18.4 Å². The largest absolute Gasteiger partial charge is 0.491 e. The SMILES string of the molecule is CCOc1ccc(F)c(C=NNC(N)=O)c1F. The highest BCUT2D eigenvalue weighted by Crippen LogP contribution is 2.21. The Morgan fingerprint density at radius 1 is 1.59 bits per heavy atom. The van der Waals surface area contributed by atoms with E-state index in [-0.39, 0.29) is 12.4 Å². The quantitative estimate of drug-likeness (QED) is 0.618. The molecular weight excluding hydrogens is 232 g/mol. The minimum absolute atomic E-state index is 0.0885. The van der Waals surface area contributed by atoms with E-state index in [9.17, 15) is 13.6 Å². The fourth-order valence-electron chi connectivity index (χ4n) is 1.10. The molecule has 0 aliphatic heterocycles. The van der Waals surface area contributed by atoms with Crippen molar-refractivity contribution in [3.63, 3.8) is 0 Å². The van der Waals surface area contributed by atoms with Crippen LogP contribution in [0.1, 0.15) is 12.5 Å². The highest BCUT2D eigenvalue weighted by Gasteiger charge is 2.12. The van der Waals surface area contributed by atoms with Gasteiger partial charge in [0.1, 0.15) is 5.82 Å². The van der Waals surface area contributed by atoms with Crippen molar-refractivity contribution in [2.75, 3.05) is 6.61 Å². The third-order valence-corrected chi connectivity index (χ3v) is 1.76. The second kappa shape index (κ2) is 5.78. The predicted octanol–water partition coefficient (Wildman–Crippen LogP) is 1.37. The molecule has 0 heterocycles. The summed E-state index contributed by atoms with van der Waals surface area (Å²) in [4.78, 5) is 10.3. The minimum Gasteiger partial charge on any atom is -0.491 e. The van der Waals surface area contributed by atoms with Gasteiger partial charge in [-0.25, -0.2) is 19.0 Å². The molecule has 0 atom stereocenters. The normalized spacial score (nSPS) is 10.5. The van der Waals surface area contributed by atoms with Gasteiger partial charge < -0.3 is 10.5 Å². The number of amides is 2. The van der Waals surface area contributed by atoms with Crippen LogP contribution in [-0.2, 0) is 0 Å². The molecule has 0 radical (unpaired) electrons. The van der Waals surface area contributed by atoms with Crippen LogP contribution in [0.25, 0.3) is 0 Å². The van der Waals surface area contributed by atoms with Gasteiger partial charge in [-0.15, -0.1) is 0 Å². The highest BCUT2D eigenvalue weighted by atomic mass is 19.1. The van der Waals surface area contributed by atoms with Crippen LogP contribution in [0, 0.1) is 11.6 Å². The van der Waals surface area contributed by atoms with E-state index in [0.29, 0.717) is 0 Å². The number of carbonyl (C=O) groups excluding carboxylic acids is 1. The molecule has 3 N–H and O–H groups in total. The Morgan fingerprint density at radius 3 is 2.88 bits per heavy atom. The lowest BCUT2D eigenvalue weighted by Crippen LogP contribution is -2.24. The molecule has 0 aliphatic carbocycles. The van der Waals surface area contributed by atoms with E-state index in [1.165, 1.54) is 6.07 Å². The number of urea groups is 1. The summed E-state index contributed by atoms with van der Waals surface area (Å²) in [5.74, 6) is -1.79. The Morgan fingerprint density at radius 2 is 2.29 bits per heavy atom. The van der Waals surface area contributed by atoms with E-state index in [2.05, 4.69) is 5.10 Å². The van der Waals surface area contributed by atoms with Gasteiger partial charge in [-0.05, 0) is 19.1 Å². The van der Waals surface area contributed by atoms with Crippen LogP contribution < -0.4 is 15.9 Å². The number of benzene rings is 1. The van der Waals surface area contributed by atoms with Crippen molar-refractivity contribution < 1.29 is 18.3 Å². The second-order valence-corrected chi connectivity index (χ2v) is 2.94. The summed E-state index contributed by atoms with van der Waals surface area (Å²) in [6, 6.07) is 1.29. The molecule has 0 saturated carbocycles. The molecule has 7 heteroatoms. The number of ether oxygens (including phenoxy) is 1. The first-order chi connectivity index (χ1) is 8.06. The van der Waals surface area contributed by atoms with Crippen molar-refractivity contribution in [3.8, 4) is 5.75 Å². The summed E-state index contributed by atoms with van der Waals surface area (Å²) < 4.78 is 31.9. The minimum atomic E-state index is -0.928. The Bertz CT molecular complexity index is 449. The number of hydrogen-bond acceptors (Lipinski definition) is 3. The van der Waals surface area contributed by atoms with Gasteiger partial charge in [-0.2, -0.15) is 5.10 Å². The maximum atomic E-state index is 13.6. The van der Waals surface area contributed by atoms with Crippen molar-refractivity contribution in [1.29, 1.82) is 0 Å². The first-order valence-electron chi connectivity index (χ1n) is 4.75. The molecule has 0 fully saturated rings. The van der Waals surface area contributed by atoms with Crippen LogP contribution in [-0.4, -0.2) is 18.9 Å². The molecule has 0 saturated heterocycles. The lowest BCUT2D eigenvalue weighted by Gasteiger charge is -2.06. The van der Waals surface area contributed by atoms with E-state index >= 15 is 0 Å². The molecule has 0 unspecified atom stereocenters. The van der Waals surface area contributed by atoms with E-state index in [0.717, 1.165) is 12.3 Å². The number of nitrogens with zero attached hydrogens (tertiary/aromatic N) is 1. The third-order valence-electron chi connectivity index (χ3n) is 1.76. The summed E-state index contributed by atoms with van der Waals surface area (Å²) in [6.45, 7) is 1.92. The van der Waals surface area contributed by atoms with Crippen LogP contribution in [0.2, 0.25) is 0 Å². The van der Waals surface area contributed by atoms with E-state index in [4.69, 9.17) is 10.5 Å². The van der Waals surface area contributed by atoms with Gasteiger partial charge in [0.25, 0.3) is 0 Å². The monoisotopic (exact) mass is 243 g/mol. The van der Waals surface area contributed by atoms with Crippen molar-refractivity contribution >= 4 is 12.2 Å². The number of nitrogens with one attached hydrogen (secondary N) is 1. The molecule has 1 rings (SSSR count). The van der Waals surface area contributed by atoms with Crippen molar-refractivity contribution in [1.82, 2.24) is 5.43 Å². The lowest BCUT2D eigenvalue weighted by atomic mass is 10.2. The molecule has 1 aromatic rings. The summed E-state index contributed by atoms with van der Waals surface area (Å²) in [5, 5.41) is 3.28. The van der Waals surface area contributed by atoms with Crippen LogP contribution in [0.5, 0.6) is 5.75 Å². The fourth-order valence-corrected chi connectivity index (χ4v) is 1.10. The smallest absolute Gasteiger partial charge is 0.332 e. The van der Waals surface area contributed by atoms with Gasteiger partial charge >= 0.3 is 6.03 Å². The number of primary amides is 1. The maximum Gasteiger partial charge on any atom is 0.332 e. The molecule has 92 valence electrons. The molecule has 0 spiro atoms. The number of rotatable bonds is 4. The first kappa shape index (κ1) is 12.9. The van der Waals surface area contributed by atoms with Crippen LogP contribution >= 0.6 is 0 Å².